The van der Waals surface area contributed by atoms with Crippen molar-refractivity contribution in [2.24, 2.45) is 5.73 Å². The van der Waals surface area contributed by atoms with Crippen molar-refractivity contribution in [1.29, 1.82) is 0 Å². The van der Waals surface area contributed by atoms with E-state index < -0.39 is 0 Å². The van der Waals surface area contributed by atoms with Crippen LogP contribution in [0.5, 0.6) is 0 Å². The van der Waals surface area contributed by atoms with Crippen LogP contribution in [0.4, 0.5) is 0 Å². The molecule has 0 aliphatic rings. The van der Waals surface area contributed by atoms with Crippen LogP contribution in [0.2, 0.25) is 0 Å². The van der Waals surface area contributed by atoms with Gasteiger partial charge >= 0.3 is 0 Å². The SMILES string of the molecule is CCC(N)c1nnc(-c2ccc(=O)[nH]n2)s1. The van der Waals surface area contributed by atoms with Gasteiger partial charge in [0.25, 0.3) is 5.56 Å². The molecule has 2 rings (SSSR count). The van der Waals surface area contributed by atoms with E-state index in [1.54, 1.807) is 6.07 Å². The lowest BCUT2D eigenvalue weighted by atomic mass is 10.3. The Kier molecular flexibility index (Phi) is 3.07. The molecule has 2 aromatic rings. The van der Waals surface area contributed by atoms with Crippen molar-refractivity contribution in [3.63, 3.8) is 0 Å². The summed E-state index contributed by atoms with van der Waals surface area (Å²) in [6.45, 7) is 1.99. The van der Waals surface area contributed by atoms with Gasteiger partial charge in [-0.25, -0.2) is 5.10 Å². The maximum absolute atomic E-state index is 10.8. The Bertz CT molecular complexity index is 514. The van der Waals surface area contributed by atoms with Crippen LogP contribution in [0.15, 0.2) is 16.9 Å². The Hall–Kier alpha value is -1.60. The number of nitrogens with zero attached hydrogens (tertiary/aromatic N) is 3. The van der Waals surface area contributed by atoms with Crippen molar-refractivity contribution >= 4 is 11.3 Å². The van der Waals surface area contributed by atoms with Crippen LogP contribution in [-0.4, -0.2) is 20.4 Å². The summed E-state index contributed by atoms with van der Waals surface area (Å²) in [4.78, 5) is 10.8. The highest BCUT2D eigenvalue weighted by Crippen LogP contribution is 2.24. The molecule has 1 unspecified atom stereocenters. The predicted octanol–water partition coefficient (Wildman–Crippen LogP) is 0.698. The Labute approximate surface area is 95.5 Å². The molecule has 0 bridgehead atoms. The molecule has 2 heterocycles. The second-order valence-electron chi connectivity index (χ2n) is 3.27. The molecule has 0 radical (unpaired) electrons. The molecular weight excluding hydrogens is 226 g/mol. The molecule has 0 amide bonds. The maximum atomic E-state index is 10.8. The number of aromatic nitrogens is 4. The minimum atomic E-state index is -0.237. The maximum Gasteiger partial charge on any atom is 0.264 e. The molecule has 0 aromatic carbocycles. The highest BCUT2D eigenvalue weighted by atomic mass is 32.1. The molecular formula is C9H11N5OS. The van der Waals surface area contributed by atoms with Crippen LogP contribution in [0.1, 0.15) is 24.4 Å². The average Bonchev–Trinajstić information content (AvgIpc) is 2.78. The highest BCUT2D eigenvalue weighted by Gasteiger charge is 2.12. The van der Waals surface area contributed by atoms with Gasteiger partial charge in [-0.2, -0.15) is 5.10 Å². The number of hydrogen-bond acceptors (Lipinski definition) is 6. The Morgan fingerprint density at radius 1 is 1.50 bits per heavy atom. The van der Waals surface area contributed by atoms with Crippen molar-refractivity contribution in [2.45, 2.75) is 19.4 Å². The third kappa shape index (κ3) is 2.15. The fourth-order valence-electron chi connectivity index (χ4n) is 1.13. The zero-order valence-corrected chi connectivity index (χ0v) is 9.49. The van der Waals surface area contributed by atoms with Crippen molar-refractivity contribution in [2.75, 3.05) is 0 Å². The van der Waals surface area contributed by atoms with Gasteiger partial charge in [0, 0.05) is 6.07 Å². The number of nitrogens with one attached hydrogen (secondary N) is 1. The summed E-state index contributed by atoms with van der Waals surface area (Å²) in [6.07, 6.45) is 0.813. The summed E-state index contributed by atoms with van der Waals surface area (Å²) in [5.41, 5.74) is 6.21. The van der Waals surface area contributed by atoms with Gasteiger partial charge in [0.1, 0.15) is 10.7 Å². The first-order chi connectivity index (χ1) is 7.70. The molecule has 84 valence electrons. The van der Waals surface area contributed by atoms with E-state index in [4.69, 9.17) is 5.73 Å². The summed E-state index contributed by atoms with van der Waals surface area (Å²) in [5, 5.41) is 15.7. The van der Waals surface area contributed by atoms with E-state index in [2.05, 4.69) is 20.4 Å². The van der Waals surface area contributed by atoms with Gasteiger partial charge in [-0.3, -0.25) is 4.79 Å². The van der Waals surface area contributed by atoms with Crippen LogP contribution in [0.3, 0.4) is 0 Å². The average molecular weight is 237 g/mol. The summed E-state index contributed by atoms with van der Waals surface area (Å²) >= 11 is 1.39. The fourth-order valence-corrected chi connectivity index (χ4v) is 2.02. The monoisotopic (exact) mass is 237 g/mol. The fraction of sp³-hybridized carbons (Fsp3) is 0.333. The van der Waals surface area contributed by atoms with Crippen LogP contribution >= 0.6 is 11.3 Å². The molecule has 0 saturated carbocycles. The van der Waals surface area contributed by atoms with E-state index in [0.29, 0.717) is 10.7 Å². The van der Waals surface area contributed by atoms with E-state index in [1.165, 1.54) is 17.4 Å². The number of nitrogens with two attached hydrogens (primary N) is 1. The molecule has 7 heteroatoms. The van der Waals surface area contributed by atoms with Crippen LogP contribution in [0.25, 0.3) is 10.7 Å². The van der Waals surface area contributed by atoms with E-state index in [1.807, 2.05) is 6.92 Å². The van der Waals surface area contributed by atoms with Crippen LogP contribution in [0, 0.1) is 0 Å². The molecule has 0 aliphatic heterocycles. The van der Waals surface area contributed by atoms with E-state index >= 15 is 0 Å². The quantitative estimate of drug-likeness (QED) is 0.818. The molecule has 3 N–H and O–H groups in total. The van der Waals surface area contributed by atoms with Crippen molar-refractivity contribution in [1.82, 2.24) is 20.4 Å². The first-order valence-electron chi connectivity index (χ1n) is 4.85. The van der Waals surface area contributed by atoms with E-state index in [0.717, 1.165) is 11.4 Å². The van der Waals surface area contributed by atoms with E-state index in [-0.39, 0.29) is 11.6 Å². The van der Waals surface area contributed by atoms with Crippen molar-refractivity contribution in [3.05, 3.63) is 27.5 Å². The molecule has 6 nitrogen and oxygen atoms in total. The summed E-state index contributed by atoms with van der Waals surface area (Å²) < 4.78 is 0. The van der Waals surface area contributed by atoms with Crippen molar-refractivity contribution in [3.8, 4) is 10.7 Å². The normalized spacial score (nSPS) is 12.6. The Balaban J connectivity index is 2.31. The van der Waals surface area contributed by atoms with Gasteiger partial charge in [-0.15, -0.1) is 10.2 Å². The summed E-state index contributed by atoms with van der Waals surface area (Å²) in [7, 11) is 0. The topological polar surface area (TPSA) is 97.5 Å². The van der Waals surface area contributed by atoms with Crippen LogP contribution in [-0.2, 0) is 0 Å². The molecule has 0 saturated heterocycles. The minimum absolute atomic E-state index is 0.0889. The Morgan fingerprint density at radius 2 is 2.31 bits per heavy atom. The lowest BCUT2D eigenvalue weighted by Gasteiger charge is -2.00. The molecule has 0 spiro atoms. The largest absolute Gasteiger partial charge is 0.322 e. The number of rotatable bonds is 3. The molecule has 1 atom stereocenters. The predicted molar refractivity (Wildman–Crippen MR) is 61.0 cm³/mol. The summed E-state index contributed by atoms with van der Waals surface area (Å²) in [5.74, 6) is 0. The van der Waals surface area contributed by atoms with Gasteiger partial charge in [0.2, 0.25) is 0 Å². The lowest BCUT2D eigenvalue weighted by Crippen LogP contribution is -2.07. The van der Waals surface area contributed by atoms with Gasteiger partial charge in [-0.1, -0.05) is 18.3 Å². The van der Waals surface area contributed by atoms with Gasteiger partial charge in [0.05, 0.1) is 6.04 Å². The number of aromatic amines is 1. The first-order valence-corrected chi connectivity index (χ1v) is 5.67. The molecule has 0 fully saturated rings. The van der Waals surface area contributed by atoms with Gasteiger partial charge in [0.15, 0.2) is 5.01 Å². The third-order valence-electron chi connectivity index (χ3n) is 2.10. The lowest BCUT2D eigenvalue weighted by molar-refractivity contribution is 0.683. The number of hydrogen-bond donors (Lipinski definition) is 2. The second kappa shape index (κ2) is 4.50. The first kappa shape index (κ1) is 10.9. The molecule has 16 heavy (non-hydrogen) atoms. The molecule has 2 aromatic heterocycles. The zero-order valence-electron chi connectivity index (χ0n) is 8.67. The zero-order chi connectivity index (χ0) is 11.5. The second-order valence-corrected chi connectivity index (χ2v) is 4.28. The van der Waals surface area contributed by atoms with E-state index in [9.17, 15) is 4.79 Å². The molecule has 0 aliphatic carbocycles. The van der Waals surface area contributed by atoms with Gasteiger partial charge < -0.3 is 5.73 Å². The highest BCUT2D eigenvalue weighted by molar-refractivity contribution is 7.14. The Morgan fingerprint density at radius 3 is 2.94 bits per heavy atom. The van der Waals surface area contributed by atoms with Gasteiger partial charge in [-0.05, 0) is 12.5 Å². The smallest absolute Gasteiger partial charge is 0.264 e. The van der Waals surface area contributed by atoms with Crippen LogP contribution < -0.4 is 11.3 Å². The third-order valence-corrected chi connectivity index (χ3v) is 3.17. The standard InChI is InChI=1S/C9H11N5OS/c1-2-5(10)8-13-14-9(16-8)6-3-4-7(15)12-11-6/h3-5H,2,10H2,1H3,(H,12,15). The summed E-state index contributed by atoms with van der Waals surface area (Å²) in [6, 6.07) is 2.93. The van der Waals surface area contributed by atoms with Crippen molar-refractivity contribution < 1.29 is 0 Å². The number of H-pyrrole nitrogens is 1. The minimum Gasteiger partial charge on any atom is -0.322 e.